The zero-order chi connectivity index (χ0) is 22.6. The minimum absolute atomic E-state index is 0.0813. The van der Waals surface area contributed by atoms with Gasteiger partial charge in [0.25, 0.3) is 0 Å². The highest BCUT2D eigenvalue weighted by Crippen LogP contribution is 2.31. The third kappa shape index (κ3) is 4.77. The lowest BCUT2D eigenvalue weighted by Crippen LogP contribution is -2.24. The summed E-state index contributed by atoms with van der Waals surface area (Å²) < 4.78 is 16.8. The first-order chi connectivity index (χ1) is 16.2. The number of hydrogen-bond donors (Lipinski definition) is 0. The minimum Gasteiger partial charge on any atom is -0.490 e. The van der Waals surface area contributed by atoms with E-state index in [0.717, 1.165) is 24.2 Å². The van der Waals surface area contributed by atoms with Gasteiger partial charge in [-0.15, -0.1) is 6.58 Å². The van der Waals surface area contributed by atoms with Crippen LogP contribution in [-0.4, -0.2) is 26.2 Å². The van der Waals surface area contributed by atoms with Crippen LogP contribution in [-0.2, 0) is 0 Å². The largest absolute Gasteiger partial charge is 0.490 e. The molecular weight excluding hydrogens is 416 g/mol. The van der Waals surface area contributed by atoms with Gasteiger partial charge in [-0.2, -0.15) is 4.98 Å². The third-order valence-corrected chi connectivity index (χ3v) is 5.66. The normalized spacial score (nSPS) is 14.3. The zero-order valence-corrected chi connectivity index (χ0v) is 18.3. The highest BCUT2D eigenvalue weighted by molar-refractivity contribution is 5.43. The van der Waals surface area contributed by atoms with E-state index in [9.17, 15) is 0 Å². The smallest absolute Gasteiger partial charge is 0.240 e. The Balaban J connectivity index is 1.24. The molecule has 1 unspecified atom stereocenters. The Morgan fingerprint density at radius 1 is 0.909 bits per heavy atom. The summed E-state index contributed by atoms with van der Waals surface area (Å²) in [6.07, 6.45) is 9.07. The Bertz CT molecular complexity index is 1210. The van der Waals surface area contributed by atoms with Gasteiger partial charge >= 0.3 is 0 Å². The molecule has 33 heavy (non-hydrogen) atoms. The van der Waals surface area contributed by atoms with Gasteiger partial charge in [0.1, 0.15) is 11.5 Å². The van der Waals surface area contributed by atoms with Gasteiger partial charge in [-0.3, -0.25) is 0 Å². The first-order valence-corrected chi connectivity index (χ1v) is 11.0. The van der Waals surface area contributed by atoms with E-state index in [0.29, 0.717) is 35.1 Å². The molecule has 1 saturated carbocycles. The van der Waals surface area contributed by atoms with Crippen LogP contribution < -0.4 is 9.47 Å². The van der Waals surface area contributed by atoms with Crippen molar-refractivity contribution >= 4 is 0 Å². The van der Waals surface area contributed by atoms with Crippen LogP contribution in [0.25, 0.3) is 11.6 Å². The average Bonchev–Trinajstić information content (AvgIpc) is 3.25. The van der Waals surface area contributed by atoms with Gasteiger partial charge in [0, 0.05) is 12.8 Å². The molecule has 0 spiro atoms. The van der Waals surface area contributed by atoms with Crippen molar-refractivity contribution in [2.24, 2.45) is 0 Å². The van der Waals surface area contributed by atoms with Gasteiger partial charge in [0.05, 0.1) is 18.5 Å². The molecule has 0 bridgehead atoms. The Morgan fingerprint density at radius 2 is 1.55 bits per heavy atom. The fourth-order valence-corrected chi connectivity index (χ4v) is 3.65. The van der Waals surface area contributed by atoms with Gasteiger partial charge in [-0.25, -0.2) is 9.97 Å². The standard InChI is InChI=1S/C26H24N4O3/c1-3-24(18-7-11-21(12-8-18)31-20-5-4-6-20)19-9-13-22(14-10-19)32-23-15-27-25(28-16-23)26-29-17(2)33-30-26/h3,7-16,20,24H,1,4-6H2,2H3. The van der Waals surface area contributed by atoms with Crippen LogP contribution in [0.3, 0.4) is 0 Å². The maximum Gasteiger partial charge on any atom is 0.240 e. The second-order valence-electron chi connectivity index (χ2n) is 8.00. The van der Waals surface area contributed by atoms with Crippen LogP contribution in [0.5, 0.6) is 17.2 Å². The van der Waals surface area contributed by atoms with Crippen LogP contribution in [0.4, 0.5) is 0 Å². The molecule has 1 atom stereocenters. The molecule has 0 N–H and O–H groups in total. The number of aromatic nitrogens is 4. The number of ether oxygens (including phenoxy) is 2. The monoisotopic (exact) mass is 440 g/mol. The molecule has 1 fully saturated rings. The van der Waals surface area contributed by atoms with E-state index >= 15 is 0 Å². The predicted molar refractivity (Wildman–Crippen MR) is 123 cm³/mol. The Labute approximate surface area is 192 Å². The molecule has 5 rings (SSSR count). The maximum absolute atomic E-state index is 5.97. The highest BCUT2D eigenvalue weighted by atomic mass is 16.5. The summed E-state index contributed by atoms with van der Waals surface area (Å²) in [6, 6.07) is 16.2. The van der Waals surface area contributed by atoms with Crippen molar-refractivity contribution in [3.05, 3.63) is 90.6 Å². The number of nitrogens with zero attached hydrogens (tertiary/aromatic N) is 4. The fraction of sp³-hybridized carbons (Fsp3) is 0.231. The SMILES string of the molecule is C=CC(c1ccc(Oc2cnc(-c3noc(C)n3)nc2)cc1)c1ccc(OC2CCC2)cc1. The molecule has 0 saturated heterocycles. The number of allylic oxidation sites excluding steroid dienone is 1. The van der Waals surface area contributed by atoms with E-state index in [4.69, 9.17) is 14.0 Å². The second kappa shape index (κ2) is 9.24. The lowest BCUT2D eigenvalue weighted by Gasteiger charge is -2.26. The third-order valence-electron chi connectivity index (χ3n) is 5.66. The van der Waals surface area contributed by atoms with Gasteiger partial charge in [0.2, 0.25) is 17.5 Å². The summed E-state index contributed by atoms with van der Waals surface area (Å²) in [5.74, 6) is 3.42. The van der Waals surface area contributed by atoms with Crippen molar-refractivity contribution < 1.29 is 14.0 Å². The first-order valence-electron chi connectivity index (χ1n) is 11.0. The lowest BCUT2D eigenvalue weighted by molar-refractivity contribution is 0.120. The van der Waals surface area contributed by atoms with Crippen LogP contribution in [0.1, 0.15) is 42.2 Å². The molecule has 0 radical (unpaired) electrons. The molecule has 1 aliphatic carbocycles. The molecule has 0 aliphatic heterocycles. The maximum atomic E-state index is 5.97. The van der Waals surface area contributed by atoms with E-state index in [1.165, 1.54) is 12.0 Å². The van der Waals surface area contributed by atoms with Gasteiger partial charge in [0.15, 0.2) is 5.75 Å². The number of aryl methyl sites for hydroxylation is 1. The Hall–Kier alpha value is -4.00. The molecule has 2 aromatic heterocycles. The number of hydrogen-bond acceptors (Lipinski definition) is 7. The quantitative estimate of drug-likeness (QED) is 0.317. The van der Waals surface area contributed by atoms with Crippen molar-refractivity contribution in [3.63, 3.8) is 0 Å². The molecule has 0 amide bonds. The van der Waals surface area contributed by atoms with Crippen molar-refractivity contribution in [3.8, 4) is 28.9 Å². The van der Waals surface area contributed by atoms with Crippen molar-refractivity contribution in [1.82, 2.24) is 20.1 Å². The molecule has 1 aliphatic rings. The summed E-state index contributed by atoms with van der Waals surface area (Å²) in [5.41, 5.74) is 2.30. The summed E-state index contributed by atoms with van der Waals surface area (Å²) in [7, 11) is 0. The van der Waals surface area contributed by atoms with E-state index < -0.39 is 0 Å². The Kier molecular flexibility index (Phi) is 5.85. The van der Waals surface area contributed by atoms with Crippen molar-refractivity contribution in [1.29, 1.82) is 0 Å². The van der Waals surface area contributed by atoms with Gasteiger partial charge < -0.3 is 14.0 Å². The number of benzene rings is 2. The molecule has 166 valence electrons. The summed E-state index contributed by atoms with van der Waals surface area (Å²) >= 11 is 0. The zero-order valence-electron chi connectivity index (χ0n) is 18.3. The summed E-state index contributed by atoms with van der Waals surface area (Å²) in [5, 5.41) is 3.82. The topological polar surface area (TPSA) is 83.2 Å². The van der Waals surface area contributed by atoms with Crippen LogP contribution in [0.15, 0.2) is 78.1 Å². The van der Waals surface area contributed by atoms with Crippen LogP contribution >= 0.6 is 0 Å². The molecular formula is C26H24N4O3. The van der Waals surface area contributed by atoms with Crippen molar-refractivity contribution in [2.45, 2.75) is 38.2 Å². The fourth-order valence-electron chi connectivity index (χ4n) is 3.65. The van der Waals surface area contributed by atoms with Crippen LogP contribution in [0, 0.1) is 6.92 Å². The predicted octanol–water partition coefficient (Wildman–Crippen LogP) is 5.88. The van der Waals surface area contributed by atoms with E-state index in [1.54, 1.807) is 19.3 Å². The van der Waals surface area contributed by atoms with E-state index in [-0.39, 0.29) is 5.92 Å². The molecule has 7 heteroatoms. The van der Waals surface area contributed by atoms with Crippen molar-refractivity contribution in [2.75, 3.05) is 0 Å². The molecule has 2 aromatic carbocycles. The Morgan fingerprint density at radius 3 is 2.06 bits per heavy atom. The molecule has 2 heterocycles. The summed E-state index contributed by atoms with van der Waals surface area (Å²) in [6.45, 7) is 5.75. The lowest BCUT2D eigenvalue weighted by atomic mass is 9.91. The molecule has 4 aromatic rings. The van der Waals surface area contributed by atoms with E-state index in [2.05, 4.69) is 38.8 Å². The van der Waals surface area contributed by atoms with E-state index in [1.807, 2.05) is 42.5 Å². The first kappa shape index (κ1) is 20.9. The second-order valence-corrected chi connectivity index (χ2v) is 8.00. The summed E-state index contributed by atoms with van der Waals surface area (Å²) in [4.78, 5) is 12.6. The highest BCUT2D eigenvalue weighted by Gasteiger charge is 2.19. The van der Waals surface area contributed by atoms with Crippen LogP contribution in [0.2, 0.25) is 0 Å². The average molecular weight is 441 g/mol. The number of rotatable bonds is 8. The van der Waals surface area contributed by atoms with Gasteiger partial charge in [-0.1, -0.05) is 35.5 Å². The molecule has 7 nitrogen and oxygen atoms in total. The van der Waals surface area contributed by atoms with Gasteiger partial charge in [-0.05, 0) is 54.7 Å². The minimum atomic E-state index is 0.0813.